The lowest BCUT2D eigenvalue weighted by Gasteiger charge is -2.50. The fraction of sp³-hybridized carbons (Fsp3) is 0.514. The van der Waals surface area contributed by atoms with Crippen molar-refractivity contribution in [3.8, 4) is 0 Å². The van der Waals surface area contributed by atoms with Gasteiger partial charge < -0.3 is 43.0 Å². The van der Waals surface area contributed by atoms with Gasteiger partial charge in [-0.2, -0.15) is 0 Å². The zero-order valence-corrected chi connectivity index (χ0v) is 31.1. The zero-order valence-electron chi connectivity index (χ0n) is 30.3. The van der Waals surface area contributed by atoms with Crippen molar-refractivity contribution >= 4 is 47.5 Å². The Kier molecular flexibility index (Phi) is 13.8. The first-order chi connectivity index (χ1) is 25.8. The number of nitrogens with zero attached hydrogens (tertiary/aromatic N) is 1. The quantitative estimate of drug-likeness (QED) is 0.166. The monoisotopic (exact) mass is 773 g/mol. The molecule has 2 aromatic rings. The van der Waals surface area contributed by atoms with Crippen molar-refractivity contribution in [3.63, 3.8) is 0 Å². The van der Waals surface area contributed by atoms with Crippen molar-refractivity contribution in [2.45, 2.75) is 102 Å². The predicted octanol–water partition coefficient (Wildman–Crippen LogP) is 2.18. The van der Waals surface area contributed by atoms with Crippen LogP contribution in [-0.2, 0) is 63.7 Å². The van der Waals surface area contributed by atoms with Gasteiger partial charge in [0.05, 0.1) is 24.3 Å². The third-order valence-electron chi connectivity index (χ3n) is 8.73. The van der Waals surface area contributed by atoms with Gasteiger partial charge in [0.1, 0.15) is 42.5 Å². The number of carbonyl (C=O) groups excluding carboxylic acids is 6. The molecule has 292 valence electrons. The van der Waals surface area contributed by atoms with Crippen LogP contribution in [0.15, 0.2) is 54.6 Å². The van der Waals surface area contributed by atoms with Gasteiger partial charge >= 0.3 is 23.9 Å². The van der Waals surface area contributed by atoms with E-state index in [2.05, 4.69) is 0 Å². The molecular formula is C37H43NO15S. The van der Waals surface area contributed by atoms with Crippen LogP contribution in [0.4, 0.5) is 0 Å². The van der Waals surface area contributed by atoms with Crippen molar-refractivity contribution in [1.29, 1.82) is 0 Å². The van der Waals surface area contributed by atoms with E-state index in [9.17, 15) is 33.9 Å². The number of thioether (sulfide) groups is 1. The zero-order chi connectivity index (χ0) is 39.1. The fourth-order valence-electron chi connectivity index (χ4n) is 6.57. The van der Waals surface area contributed by atoms with Gasteiger partial charge in [0, 0.05) is 27.7 Å². The number of carbonyl (C=O) groups is 6. The van der Waals surface area contributed by atoms with E-state index in [-0.39, 0.29) is 24.3 Å². The van der Waals surface area contributed by atoms with Crippen molar-refractivity contribution < 1.29 is 71.8 Å². The molecule has 2 saturated heterocycles. The third-order valence-corrected chi connectivity index (χ3v) is 9.78. The van der Waals surface area contributed by atoms with Crippen LogP contribution >= 0.6 is 11.8 Å². The van der Waals surface area contributed by atoms with Crippen molar-refractivity contribution in [2.24, 2.45) is 0 Å². The maximum atomic E-state index is 14.0. The summed E-state index contributed by atoms with van der Waals surface area (Å²) in [6, 6.07) is 14.2. The fourth-order valence-corrected chi connectivity index (χ4v) is 7.59. The molecule has 3 aliphatic heterocycles. The van der Waals surface area contributed by atoms with Crippen LogP contribution in [-0.4, -0.2) is 125 Å². The second-order valence-corrected chi connectivity index (χ2v) is 14.0. The number of hydrogen-bond acceptors (Lipinski definition) is 16. The minimum Gasteiger partial charge on any atom is -0.463 e. The molecule has 10 atom stereocenters. The Morgan fingerprint density at radius 2 is 1.30 bits per heavy atom. The summed E-state index contributed by atoms with van der Waals surface area (Å²) in [5.74, 6) is -4.13. The van der Waals surface area contributed by atoms with E-state index in [1.165, 1.54) is 23.9 Å². The summed E-state index contributed by atoms with van der Waals surface area (Å²) in [5.41, 5.74) is 0.145. The Bertz CT molecular complexity index is 1660. The van der Waals surface area contributed by atoms with Gasteiger partial charge in [0.15, 0.2) is 24.6 Å². The van der Waals surface area contributed by atoms with Crippen molar-refractivity contribution in [3.05, 3.63) is 71.3 Å². The average Bonchev–Trinajstić information content (AvgIpc) is 3.37. The number of benzene rings is 2. The average molecular weight is 774 g/mol. The van der Waals surface area contributed by atoms with E-state index in [0.717, 1.165) is 38.2 Å². The number of aliphatic hydroxyl groups is 1. The Morgan fingerprint density at radius 1 is 0.722 bits per heavy atom. The van der Waals surface area contributed by atoms with Crippen LogP contribution < -0.4 is 0 Å². The number of ether oxygens (including phenoxy) is 8. The molecule has 5 rings (SSSR count). The van der Waals surface area contributed by atoms with Crippen LogP contribution in [0.3, 0.4) is 0 Å². The van der Waals surface area contributed by atoms with Gasteiger partial charge in [0.25, 0.3) is 11.8 Å². The molecule has 0 aromatic heterocycles. The van der Waals surface area contributed by atoms with E-state index < -0.39 is 103 Å². The SMILES string of the molecule is CCS[C@@H]1O[C@H](COCc2ccccc2)[C@@H](O)[C@H](O[C@@H]2O[C@H](COC(C)=O)[C@H](OC(C)=O)[C@H](OC(C)=O)[C@H]2OC(C)=O)[C@H]1N1C(=O)c2ccccc2C1=O. The molecule has 3 aliphatic rings. The van der Waals surface area contributed by atoms with Gasteiger partial charge in [-0.25, -0.2) is 0 Å². The van der Waals surface area contributed by atoms with Gasteiger partial charge in [0.2, 0.25) is 0 Å². The molecule has 2 fully saturated rings. The van der Waals surface area contributed by atoms with Crippen LogP contribution in [0.5, 0.6) is 0 Å². The summed E-state index contributed by atoms with van der Waals surface area (Å²) in [4.78, 5) is 78.0. The second-order valence-electron chi connectivity index (χ2n) is 12.7. The van der Waals surface area contributed by atoms with Gasteiger partial charge in [-0.1, -0.05) is 49.4 Å². The maximum absolute atomic E-state index is 14.0. The molecule has 1 N–H and O–H groups in total. The number of imide groups is 1. The lowest BCUT2D eigenvalue weighted by atomic mass is 9.95. The van der Waals surface area contributed by atoms with E-state index >= 15 is 0 Å². The van der Waals surface area contributed by atoms with Crippen molar-refractivity contribution in [1.82, 2.24) is 4.90 Å². The summed E-state index contributed by atoms with van der Waals surface area (Å²) in [5, 5.41) is 12.1. The van der Waals surface area contributed by atoms with Crippen molar-refractivity contribution in [2.75, 3.05) is 19.0 Å². The predicted molar refractivity (Wildman–Crippen MR) is 186 cm³/mol. The van der Waals surface area contributed by atoms with Crippen LogP contribution in [0.25, 0.3) is 0 Å². The first kappa shape index (κ1) is 40.8. The summed E-state index contributed by atoms with van der Waals surface area (Å²) in [6.45, 7) is 5.72. The lowest BCUT2D eigenvalue weighted by molar-refractivity contribution is -0.335. The third kappa shape index (κ3) is 9.45. The van der Waals surface area contributed by atoms with Crippen LogP contribution in [0.2, 0.25) is 0 Å². The highest BCUT2D eigenvalue weighted by molar-refractivity contribution is 7.99. The Hall–Kier alpha value is -4.39. The highest BCUT2D eigenvalue weighted by Gasteiger charge is 2.58. The molecule has 0 spiro atoms. The van der Waals surface area contributed by atoms with E-state index in [4.69, 9.17) is 37.9 Å². The summed E-state index contributed by atoms with van der Waals surface area (Å²) in [7, 11) is 0. The highest BCUT2D eigenvalue weighted by Crippen LogP contribution is 2.40. The molecular weight excluding hydrogens is 730 g/mol. The van der Waals surface area contributed by atoms with Gasteiger partial charge in [-0.05, 0) is 23.4 Å². The van der Waals surface area contributed by atoms with E-state index in [1.807, 2.05) is 37.3 Å². The molecule has 0 unspecified atom stereocenters. The number of amides is 2. The van der Waals surface area contributed by atoms with Crippen LogP contribution in [0.1, 0.15) is 60.9 Å². The Balaban J connectivity index is 1.57. The maximum Gasteiger partial charge on any atom is 0.303 e. The minimum atomic E-state index is -1.74. The van der Waals surface area contributed by atoms with Gasteiger partial charge in [-0.15, -0.1) is 11.8 Å². The Labute approximate surface area is 315 Å². The molecule has 3 heterocycles. The second kappa shape index (κ2) is 18.3. The normalized spacial score (nSPS) is 29.3. The molecule has 54 heavy (non-hydrogen) atoms. The van der Waals surface area contributed by atoms with E-state index in [0.29, 0.717) is 5.75 Å². The highest BCUT2D eigenvalue weighted by atomic mass is 32.2. The minimum absolute atomic E-state index is 0.136. The smallest absolute Gasteiger partial charge is 0.303 e. The topological polar surface area (TPSA) is 200 Å². The largest absolute Gasteiger partial charge is 0.463 e. The van der Waals surface area contributed by atoms with E-state index in [1.54, 1.807) is 12.1 Å². The molecule has 0 bridgehead atoms. The molecule has 16 nitrogen and oxygen atoms in total. The molecule has 0 saturated carbocycles. The molecule has 2 amide bonds. The first-order valence-electron chi connectivity index (χ1n) is 17.3. The molecule has 2 aromatic carbocycles. The molecule has 0 aliphatic carbocycles. The summed E-state index contributed by atoms with van der Waals surface area (Å²) >= 11 is 1.25. The summed E-state index contributed by atoms with van der Waals surface area (Å²) < 4.78 is 46.9. The number of rotatable bonds is 14. The number of esters is 4. The molecule has 17 heteroatoms. The lowest BCUT2D eigenvalue weighted by Crippen LogP contribution is -2.68. The summed E-state index contributed by atoms with van der Waals surface area (Å²) in [6.07, 6.45) is -12.0. The molecule has 0 radical (unpaired) electrons. The standard InChI is InChI=1S/C37H43NO15S/c1-6-54-37-28(38-34(44)24-14-10-11-15-25(24)35(38)45)31(29(43)26(52-37)17-46-16-23-12-8-7-9-13-23)53-36-33(50-22(5)42)32(49-21(4)41)30(48-20(3)40)27(51-36)18-47-19(2)39/h7-15,26-33,36-37,43H,6,16-18H2,1-5H3/t26-,27-,28-,29-,30+,31-,32+,33-,36+,37+/m1/s1. The Morgan fingerprint density at radius 3 is 1.87 bits per heavy atom. The number of fused-ring (bicyclic) bond motifs is 1. The van der Waals surface area contributed by atoms with Gasteiger partial charge in [-0.3, -0.25) is 33.7 Å². The van der Waals surface area contributed by atoms with Crippen LogP contribution in [0, 0.1) is 0 Å². The number of hydrogen-bond donors (Lipinski definition) is 1. The number of aliphatic hydroxyl groups excluding tert-OH is 1. The first-order valence-corrected chi connectivity index (χ1v) is 18.3.